The van der Waals surface area contributed by atoms with Crippen LogP contribution in [0.2, 0.25) is 0 Å². The van der Waals surface area contributed by atoms with Gasteiger partial charge in [0.05, 0.1) is 5.41 Å². The molecule has 0 saturated carbocycles. The molecule has 2 nitrogen and oxygen atoms in total. The molecular weight excluding hydrogens is 283 g/mol. The summed E-state index contributed by atoms with van der Waals surface area (Å²) < 4.78 is 68.6. The Kier molecular flexibility index (Phi) is 5.99. The highest BCUT2D eigenvalue weighted by Crippen LogP contribution is 2.42. The highest BCUT2D eigenvalue weighted by atomic mass is 19.4. The summed E-state index contributed by atoms with van der Waals surface area (Å²) >= 11 is 0. The smallest absolute Gasteiger partial charge is 0.455 e. The molecule has 0 fully saturated rings. The Morgan fingerprint density at radius 2 is 1.55 bits per heavy atom. The van der Waals surface area contributed by atoms with Crippen LogP contribution >= 0.6 is 0 Å². The van der Waals surface area contributed by atoms with Gasteiger partial charge in [0.15, 0.2) is 6.10 Å². The summed E-state index contributed by atoms with van der Waals surface area (Å²) in [5.74, 6) is -6.57. The van der Waals surface area contributed by atoms with Gasteiger partial charge in [-0.15, -0.1) is 0 Å². The Morgan fingerprint density at radius 3 is 1.85 bits per heavy atom. The molecule has 0 spiro atoms. The van der Waals surface area contributed by atoms with E-state index in [-0.39, 0.29) is 6.42 Å². The summed E-state index contributed by atoms with van der Waals surface area (Å²) in [5.41, 5.74) is -1.10. The van der Waals surface area contributed by atoms with Gasteiger partial charge in [-0.25, -0.2) is 0 Å². The molecule has 0 amide bonds. The maximum Gasteiger partial charge on any atom is 0.457 e. The standard InChI is InChI=1S/C13H21F5O2/c1-6-11(4,5)10(19)20-9(7-8(2)3)12(14,15)13(16,17)18/h8-9H,6-7H2,1-5H3. The van der Waals surface area contributed by atoms with Crippen molar-refractivity contribution in [3.8, 4) is 0 Å². The third-order valence-electron chi connectivity index (χ3n) is 3.15. The number of hydrogen-bond donors (Lipinski definition) is 0. The highest BCUT2D eigenvalue weighted by Gasteiger charge is 2.64. The van der Waals surface area contributed by atoms with Crippen molar-refractivity contribution in [3.63, 3.8) is 0 Å². The van der Waals surface area contributed by atoms with E-state index in [2.05, 4.69) is 4.74 Å². The van der Waals surface area contributed by atoms with Crippen molar-refractivity contribution in [2.45, 2.75) is 65.7 Å². The van der Waals surface area contributed by atoms with Crippen LogP contribution in [0.15, 0.2) is 0 Å². The zero-order chi connectivity index (χ0) is 16.4. The van der Waals surface area contributed by atoms with E-state index < -0.39 is 41.9 Å². The predicted octanol–water partition coefficient (Wildman–Crippen LogP) is 4.58. The SMILES string of the molecule is CCC(C)(C)C(=O)OC(CC(C)C)C(F)(F)C(F)(F)F. The van der Waals surface area contributed by atoms with Crippen molar-refractivity contribution in [2.24, 2.45) is 11.3 Å². The molecule has 0 aromatic rings. The summed E-state index contributed by atoms with van der Waals surface area (Å²) in [6.07, 6.45) is -8.53. The quantitative estimate of drug-likeness (QED) is 0.530. The minimum Gasteiger partial charge on any atom is -0.455 e. The van der Waals surface area contributed by atoms with E-state index >= 15 is 0 Å². The average Bonchev–Trinajstić information content (AvgIpc) is 2.25. The molecule has 0 heterocycles. The molecule has 20 heavy (non-hydrogen) atoms. The van der Waals surface area contributed by atoms with E-state index in [4.69, 9.17) is 0 Å². The van der Waals surface area contributed by atoms with E-state index in [1.165, 1.54) is 27.7 Å². The first kappa shape index (κ1) is 19.1. The van der Waals surface area contributed by atoms with Crippen molar-refractivity contribution in [1.82, 2.24) is 0 Å². The van der Waals surface area contributed by atoms with Crippen LogP contribution in [0.3, 0.4) is 0 Å². The van der Waals surface area contributed by atoms with Gasteiger partial charge in [0.1, 0.15) is 0 Å². The van der Waals surface area contributed by atoms with E-state index in [0.717, 1.165) is 0 Å². The number of alkyl halides is 5. The van der Waals surface area contributed by atoms with Crippen molar-refractivity contribution < 1.29 is 31.5 Å². The molecule has 7 heteroatoms. The number of carbonyl (C=O) groups is 1. The van der Waals surface area contributed by atoms with Gasteiger partial charge in [-0.05, 0) is 32.6 Å². The predicted molar refractivity (Wildman–Crippen MR) is 64.4 cm³/mol. The summed E-state index contributed by atoms with van der Waals surface area (Å²) in [6, 6.07) is 0. The summed E-state index contributed by atoms with van der Waals surface area (Å²) in [6.45, 7) is 7.47. The normalized spacial score (nSPS) is 15.3. The topological polar surface area (TPSA) is 26.3 Å². The van der Waals surface area contributed by atoms with Crippen molar-refractivity contribution in [1.29, 1.82) is 0 Å². The third kappa shape index (κ3) is 4.59. The van der Waals surface area contributed by atoms with Crippen molar-refractivity contribution >= 4 is 5.97 Å². The lowest BCUT2D eigenvalue weighted by atomic mass is 9.90. The summed E-state index contributed by atoms with van der Waals surface area (Å²) in [4.78, 5) is 11.7. The fraction of sp³-hybridized carbons (Fsp3) is 0.923. The number of esters is 1. The van der Waals surface area contributed by atoms with Crippen molar-refractivity contribution in [2.75, 3.05) is 0 Å². The van der Waals surface area contributed by atoms with Gasteiger partial charge < -0.3 is 4.74 Å². The fourth-order valence-electron chi connectivity index (χ4n) is 1.31. The van der Waals surface area contributed by atoms with Gasteiger partial charge in [0.25, 0.3) is 0 Å². The number of rotatable bonds is 6. The van der Waals surface area contributed by atoms with Crippen LogP contribution < -0.4 is 0 Å². The number of ether oxygens (including phenoxy) is 1. The second-order valence-corrected chi connectivity index (χ2v) is 5.88. The molecule has 0 rings (SSSR count). The molecule has 120 valence electrons. The van der Waals surface area contributed by atoms with E-state index in [0.29, 0.717) is 0 Å². The van der Waals surface area contributed by atoms with Gasteiger partial charge in [-0.3, -0.25) is 4.79 Å². The van der Waals surface area contributed by atoms with Gasteiger partial charge >= 0.3 is 18.1 Å². The van der Waals surface area contributed by atoms with Gasteiger partial charge in [-0.2, -0.15) is 22.0 Å². The van der Waals surface area contributed by atoms with Crippen LogP contribution in [0.1, 0.15) is 47.5 Å². The van der Waals surface area contributed by atoms with E-state index in [1.807, 2.05) is 0 Å². The zero-order valence-electron chi connectivity index (χ0n) is 12.3. The molecular formula is C13H21F5O2. The van der Waals surface area contributed by atoms with Crippen LogP contribution in [0.25, 0.3) is 0 Å². The Balaban J connectivity index is 5.25. The van der Waals surface area contributed by atoms with Gasteiger partial charge in [0.2, 0.25) is 0 Å². The van der Waals surface area contributed by atoms with Crippen molar-refractivity contribution in [3.05, 3.63) is 0 Å². The molecule has 0 aromatic carbocycles. The number of hydrogen-bond acceptors (Lipinski definition) is 2. The minimum absolute atomic E-state index is 0.276. The Labute approximate surface area is 115 Å². The summed E-state index contributed by atoms with van der Waals surface area (Å²) in [7, 11) is 0. The molecule has 0 aromatic heterocycles. The van der Waals surface area contributed by atoms with Crippen LogP contribution in [-0.4, -0.2) is 24.2 Å². The molecule has 0 aliphatic heterocycles. The van der Waals surface area contributed by atoms with E-state index in [9.17, 15) is 26.7 Å². The lowest BCUT2D eigenvalue weighted by Gasteiger charge is -2.32. The van der Waals surface area contributed by atoms with Crippen LogP contribution in [0.4, 0.5) is 22.0 Å². The first-order valence-corrected chi connectivity index (χ1v) is 6.41. The maximum absolute atomic E-state index is 13.4. The molecule has 1 atom stereocenters. The van der Waals surface area contributed by atoms with Gasteiger partial charge in [-0.1, -0.05) is 20.8 Å². The molecule has 1 unspecified atom stereocenters. The highest BCUT2D eigenvalue weighted by molar-refractivity contribution is 5.76. The second kappa shape index (κ2) is 6.26. The molecule has 0 bridgehead atoms. The van der Waals surface area contributed by atoms with E-state index in [1.54, 1.807) is 6.92 Å². The Bertz CT molecular complexity index is 334. The molecule has 0 aliphatic rings. The van der Waals surface area contributed by atoms with Crippen LogP contribution in [-0.2, 0) is 9.53 Å². The monoisotopic (exact) mass is 304 g/mol. The first-order chi connectivity index (χ1) is 8.75. The average molecular weight is 304 g/mol. The first-order valence-electron chi connectivity index (χ1n) is 6.41. The summed E-state index contributed by atoms with van der Waals surface area (Å²) in [5, 5.41) is 0. The number of carbonyl (C=O) groups excluding carboxylic acids is 1. The molecule has 0 radical (unpaired) electrons. The lowest BCUT2D eigenvalue weighted by Crippen LogP contribution is -2.50. The Morgan fingerprint density at radius 1 is 1.10 bits per heavy atom. The van der Waals surface area contributed by atoms with Crippen LogP contribution in [0, 0.1) is 11.3 Å². The minimum atomic E-state index is -5.75. The third-order valence-corrected chi connectivity index (χ3v) is 3.15. The molecule has 0 N–H and O–H groups in total. The lowest BCUT2D eigenvalue weighted by molar-refractivity contribution is -0.317. The maximum atomic E-state index is 13.4. The number of halogens is 5. The van der Waals surface area contributed by atoms with Gasteiger partial charge in [0, 0.05) is 0 Å². The second-order valence-electron chi connectivity index (χ2n) is 5.88. The largest absolute Gasteiger partial charge is 0.457 e. The Hall–Kier alpha value is -0.880. The molecule has 0 aliphatic carbocycles. The van der Waals surface area contributed by atoms with Crippen LogP contribution in [0.5, 0.6) is 0 Å². The zero-order valence-corrected chi connectivity index (χ0v) is 12.3. The molecule has 0 saturated heterocycles. The fourth-order valence-corrected chi connectivity index (χ4v) is 1.31.